The summed E-state index contributed by atoms with van der Waals surface area (Å²) in [6.07, 6.45) is -3.15. The van der Waals surface area contributed by atoms with Crippen molar-refractivity contribution in [1.29, 1.82) is 0 Å². The van der Waals surface area contributed by atoms with Gasteiger partial charge in [-0.25, -0.2) is 12.4 Å². The predicted octanol–water partition coefficient (Wildman–Crippen LogP) is 5.91. The smallest absolute Gasteiger partial charge is 0.388 e. The first-order valence-corrected chi connectivity index (χ1v) is 14.0. The average Bonchev–Trinajstić information content (AvgIpc) is 3.27. The molecule has 0 saturated heterocycles. The van der Waals surface area contributed by atoms with Gasteiger partial charge in [0.25, 0.3) is 10.0 Å². The summed E-state index contributed by atoms with van der Waals surface area (Å²) in [7, 11) is -2.80. The number of methoxy groups -OCH3 is 1. The largest absolute Gasteiger partial charge is 0.416 e. The SMILES string of the molecule is COC[C@@H](O)C1OCc2c(c3cc(C(F)(F)F)ccc3n2S(=O)(=O)c2ccc(C)cc2)[C@@H]1/C=C/c1ccccc1. The molecule has 3 atom stereocenters. The van der Waals surface area contributed by atoms with Crippen LogP contribution in [-0.4, -0.2) is 43.4 Å². The molecule has 0 radical (unpaired) electrons. The predicted molar refractivity (Wildman–Crippen MR) is 145 cm³/mol. The Labute approximate surface area is 230 Å². The van der Waals surface area contributed by atoms with Gasteiger partial charge in [-0.05, 0) is 48.4 Å². The first kappa shape index (κ1) is 28.1. The van der Waals surface area contributed by atoms with E-state index in [-0.39, 0.29) is 34.7 Å². The number of alkyl halides is 3. The van der Waals surface area contributed by atoms with E-state index in [1.54, 1.807) is 24.3 Å². The second-order valence-corrected chi connectivity index (χ2v) is 11.6. The van der Waals surface area contributed by atoms with Gasteiger partial charge in [0.2, 0.25) is 0 Å². The molecule has 1 aliphatic heterocycles. The van der Waals surface area contributed by atoms with Crippen molar-refractivity contribution in [3.05, 3.63) is 107 Å². The molecule has 1 N–H and O–H groups in total. The molecule has 210 valence electrons. The molecule has 0 aliphatic carbocycles. The molecule has 6 nitrogen and oxygen atoms in total. The Kier molecular flexibility index (Phi) is 7.62. The number of hydrogen-bond acceptors (Lipinski definition) is 5. The zero-order valence-electron chi connectivity index (χ0n) is 21.8. The first-order valence-electron chi connectivity index (χ1n) is 12.6. The van der Waals surface area contributed by atoms with Crippen molar-refractivity contribution in [2.75, 3.05) is 13.7 Å². The minimum atomic E-state index is -4.64. The lowest BCUT2D eigenvalue weighted by atomic mass is 9.85. The molecular formula is C30H28F3NO5S. The molecule has 5 rings (SSSR count). The van der Waals surface area contributed by atoms with Gasteiger partial charge in [0.15, 0.2) is 0 Å². The lowest BCUT2D eigenvalue weighted by molar-refractivity contribution is -0.137. The van der Waals surface area contributed by atoms with Crippen LogP contribution in [0.2, 0.25) is 0 Å². The topological polar surface area (TPSA) is 77.8 Å². The number of benzene rings is 3. The number of hydrogen-bond donors (Lipinski definition) is 1. The van der Waals surface area contributed by atoms with E-state index in [2.05, 4.69) is 0 Å². The monoisotopic (exact) mass is 571 g/mol. The summed E-state index contributed by atoms with van der Waals surface area (Å²) < 4.78 is 81.7. The van der Waals surface area contributed by atoms with Crippen molar-refractivity contribution in [2.45, 2.75) is 42.7 Å². The van der Waals surface area contributed by atoms with Crippen molar-refractivity contribution < 1.29 is 36.2 Å². The molecule has 2 heterocycles. The second-order valence-electron chi connectivity index (χ2n) is 9.77. The molecule has 10 heteroatoms. The third-order valence-corrected chi connectivity index (χ3v) is 8.83. The number of rotatable bonds is 7. The Morgan fingerprint density at radius 2 is 1.80 bits per heavy atom. The van der Waals surface area contributed by atoms with Crippen molar-refractivity contribution in [3.63, 3.8) is 0 Å². The molecule has 0 bridgehead atoms. The fourth-order valence-electron chi connectivity index (χ4n) is 5.16. The molecule has 3 aromatic carbocycles. The third kappa shape index (κ3) is 5.19. The normalized spacial score (nSPS) is 18.8. The number of ether oxygens (including phenoxy) is 2. The van der Waals surface area contributed by atoms with Crippen LogP contribution in [0, 0.1) is 6.92 Å². The van der Waals surface area contributed by atoms with Crippen LogP contribution in [0.3, 0.4) is 0 Å². The van der Waals surface area contributed by atoms with E-state index in [4.69, 9.17) is 9.47 Å². The summed E-state index contributed by atoms with van der Waals surface area (Å²) in [5.74, 6) is -0.783. The molecule has 0 spiro atoms. The number of aryl methyl sites for hydroxylation is 1. The van der Waals surface area contributed by atoms with Crippen LogP contribution in [-0.2, 0) is 32.3 Å². The van der Waals surface area contributed by atoms with Gasteiger partial charge in [-0.1, -0.05) is 60.2 Å². The number of halogens is 3. The molecular weight excluding hydrogens is 543 g/mol. The first-order chi connectivity index (χ1) is 19.0. The maximum Gasteiger partial charge on any atom is 0.416 e. The number of fused-ring (bicyclic) bond motifs is 3. The van der Waals surface area contributed by atoms with E-state index < -0.39 is 39.9 Å². The molecule has 0 fully saturated rings. The van der Waals surface area contributed by atoms with Gasteiger partial charge < -0.3 is 14.6 Å². The Morgan fingerprint density at radius 1 is 1.10 bits per heavy atom. The summed E-state index contributed by atoms with van der Waals surface area (Å²) in [6.45, 7) is 1.51. The van der Waals surface area contributed by atoms with Gasteiger partial charge in [0, 0.05) is 18.4 Å². The Morgan fingerprint density at radius 3 is 2.45 bits per heavy atom. The van der Waals surface area contributed by atoms with Gasteiger partial charge in [-0.2, -0.15) is 13.2 Å². The molecule has 1 unspecified atom stereocenters. The van der Waals surface area contributed by atoms with Crippen molar-refractivity contribution in [1.82, 2.24) is 3.97 Å². The van der Waals surface area contributed by atoms with E-state index in [1.165, 1.54) is 25.3 Å². The molecule has 4 aromatic rings. The maximum atomic E-state index is 14.0. The average molecular weight is 572 g/mol. The number of aliphatic hydroxyl groups is 1. The van der Waals surface area contributed by atoms with E-state index in [0.717, 1.165) is 27.2 Å². The molecule has 40 heavy (non-hydrogen) atoms. The summed E-state index contributed by atoms with van der Waals surface area (Å²) >= 11 is 0. The van der Waals surface area contributed by atoms with Crippen LogP contribution in [0.4, 0.5) is 13.2 Å². The Balaban J connectivity index is 1.79. The van der Waals surface area contributed by atoms with E-state index in [9.17, 15) is 26.7 Å². The lowest BCUT2D eigenvalue weighted by Gasteiger charge is -2.34. The summed E-state index contributed by atoms with van der Waals surface area (Å²) in [4.78, 5) is -0.00406. The molecule has 1 aliphatic rings. The Bertz CT molecular complexity index is 1640. The van der Waals surface area contributed by atoms with E-state index in [0.29, 0.717) is 5.56 Å². The highest BCUT2D eigenvalue weighted by Crippen LogP contribution is 2.44. The van der Waals surface area contributed by atoms with Crippen LogP contribution < -0.4 is 0 Å². The second kappa shape index (κ2) is 10.9. The van der Waals surface area contributed by atoms with E-state index in [1.807, 2.05) is 37.3 Å². The number of aliphatic hydroxyl groups excluding tert-OH is 1. The van der Waals surface area contributed by atoms with Crippen LogP contribution in [0.5, 0.6) is 0 Å². The third-order valence-electron chi connectivity index (χ3n) is 7.06. The quantitative estimate of drug-likeness (QED) is 0.299. The van der Waals surface area contributed by atoms with Crippen molar-refractivity contribution in [3.8, 4) is 0 Å². The highest BCUT2D eigenvalue weighted by molar-refractivity contribution is 7.90. The summed E-state index contributed by atoms with van der Waals surface area (Å²) in [5, 5.41) is 11.0. The lowest BCUT2D eigenvalue weighted by Crippen LogP contribution is -2.40. The number of aromatic nitrogens is 1. The van der Waals surface area contributed by atoms with Gasteiger partial charge >= 0.3 is 6.18 Å². The zero-order valence-corrected chi connectivity index (χ0v) is 22.6. The fraction of sp³-hybridized carbons (Fsp3) is 0.267. The van der Waals surface area contributed by atoms with Crippen LogP contribution >= 0.6 is 0 Å². The van der Waals surface area contributed by atoms with E-state index >= 15 is 0 Å². The summed E-state index contributed by atoms with van der Waals surface area (Å²) in [6, 6.07) is 18.5. The van der Waals surface area contributed by atoms with Gasteiger partial charge in [0.05, 0.1) is 41.0 Å². The molecule has 1 aromatic heterocycles. The molecule has 0 amide bonds. The molecule has 0 saturated carbocycles. The highest BCUT2D eigenvalue weighted by atomic mass is 32.2. The minimum absolute atomic E-state index is 0.00406. The fourth-order valence-corrected chi connectivity index (χ4v) is 6.71. The van der Waals surface area contributed by atoms with Gasteiger partial charge in [-0.3, -0.25) is 0 Å². The standard InChI is InChI=1S/C30H28F3NO5S/c1-19-8-12-22(13-9-19)40(36,37)34-25-15-11-21(30(31,32)33)16-24(25)28-23(14-10-20-6-4-3-5-7-20)29(27(35)18-38-2)39-17-26(28)34/h3-16,23,27,29,35H,17-18H2,1-2H3/b14-10+/t23-,27+,29?/m0/s1. The minimum Gasteiger partial charge on any atom is -0.388 e. The summed E-state index contributed by atoms with van der Waals surface area (Å²) in [5.41, 5.74) is 1.44. The van der Waals surface area contributed by atoms with Crippen LogP contribution in [0.25, 0.3) is 17.0 Å². The highest BCUT2D eigenvalue weighted by Gasteiger charge is 2.41. The van der Waals surface area contributed by atoms with Gasteiger partial charge in [-0.15, -0.1) is 0 Å². The van der Waals surface area contributed by atoms with Crippen LogP contribution in [0.1, 0.15) is 33.9 Å². The van der Waals surface area contributed by atoms with Crippen LogP contribution in [0.15, 0.2) is 83.8 Å². The van der Waals surface area contributed by atoms with Crippen molar-refractivity contribution in [2.24, 2.45) is 0 Å². The zero-order chi connectivity index (χ0) is 28.7. The maximum absolute atomic E-state index is 14.0. The van der Waals surface area contributed by atoms with Gasteiger partial charge in [0.1, 0.15) is 6.10 Å². The number of nitrogens with zero attached hydrogens (tertiary/aromatic N) is 1. The Hall–Kier alpha value is -3.44. The van der Waals surface area contributed by atoms with Crippen molar-refractivity contribution >= 4 is 27.0 Å².